The highest BCUT2D eigenvalue weighted by Crippen LogP contribution is 2.39. The summed E-state index contributed by atoms with van der Waals surface area (Å²) < 4.78 is 32.4. The Bertz CT molecular complexity index is 1010. The van der Waals surface area contributed by atoms with Gasteiger partial charge in [0.1, 0.15) is 17.5 Å². The van der Waals surface area contributed by atoms with Gasteiger partial charge in [-0.15, -0.1) is 11.3 Å². The Labute approximate surface area is 173 Å². The van der Waals surface area contributed by atoms with E-state index in [-0.39, 0.29) is 6.42 Å². The van der Waals surface area contributed by atoms with Crippen LogP contribution in [0.25, 0.3) is 10.1 Å². The van der Waals surface area contributed by atoms with Crippen LogP contribution in [0, 0.1) is 17.1 Å². The Hall–Kier alpha value is -2.15. The van der Waals surface area contributed by atoms with E-state index in [1.807, 2.05) is 27.7 Å². The molecule has 0 bridgehead atoms. The summed E-state index contributed by atoms with van der Waals surface area (Å²) in [7, 11) is -0.729. The molecule has 2 N–H and O–H groups in total. The number of nitriles is 1. The lowest BCUT2D eigenvalue weighted by molar-refractivity contribution is 0.00578. The maximum Gasteiger partial charge on any atom is 0.495 e. The lowest BCUT2D eigenvalue weighted by atomic mass is 9.76. The third-order valence-corrected chi connectivity index (χ3v) is 6.68. The second kappa shape index (κ2) is 6.97. The molecule has 9 heteroatoms. The molecular weight excluding hydrogens is 394 g/mol. The number of hydrogen-bond donors (Lipinski definition) is 1. The number of ether oxygens (including phenoxy) is 1. The number of thiophene rings is 1. The van der Waals surface area contributed by atoms with Gasteiger partial charge >= 0.3 is 13.2 Å². The monoisotopic (exact) mass is 418 g/mol. The normalized spacial score (nSPS) is 18.1. The van der Waals surface area contributed by atoms with Crippen LogP contribution in [-0.2, 0) is 20.5 Å². The number of nitrogens with two attached hydrogens (primary N) is 1. The molecule has 3 rings (SSSR count). The Morgan fingerprint density at radius 1 is 1.31 bits per heavy atom. The zero-order valence-corrected chi connectivity index (χ0v) is 18.2. The van der Waals surface area contributed by atoms with Crippen molar-refractivity contribution in [2.24, 2.45) is 5.73 Å². The van der Waals surface area contributed by atoms with Crippen molar-refractivity contribution in [1.29, 1.82) is 5.26 Å². The van der Waals surface area contributed by atoms with Crippen LogP contribution >= 0.6 is 11.3 Å². The molecule has 0 radical (unpaired) electrons. The summed E-state index contributed by atoms with van der Waals surface area (Å²) >= 11 is 1.16. The van der Waals surface area contributed by atoms with E-state index < -0.39 is 35.8 Å². The number of carbonyl (C=O) groups is 1. The average Bonchev–Trinajstić information content (AvgIpc) is 3.00. The van der Waals surface area contributed by atoms with Crippen LogP contribution in [-0.4, -0.2) is 30.0 Å². The first-order chi connectivity index (χ1) is 13.3. The second-order valence-corrected chi connectivity index (χ2v) is 9.90. The van der Waals surface area contributed by atoms with E-state index in [0.29, 0.717) is 26.0 Å². The summed E-state index contributed by atoms with van der Waals surface area (Å²) in [6, 6.07) is 5.14. The first-order valence-electron chi connectivity index (χ1n) is 9.26. The van der Waals surface area contributed by atoms with E-state index in [1.165, 1.54) is 6.07 Å². The van der Waals surface area contributed by atoms with Gasteiger partial charge in [-0.05, 0) is 53.1 Å². The van der Waals surface area contributed by atoms with Crippen LogP contribution in [0.1, 0.15) is 52.0 Å². The standard InChI is InChI=1S/C20H24BFN2O4S/c1-18(2,26-17(24)25)9-14-11(10-23)15-12(7-8-13(22)16(15)29-14)21-27-19(3,4)20(5,6)28-21/h7-8H,9H2,1-6H3,(H2,24,25). The molecule has 2 heterocycles. The van der Waals surface area contributed by atoms with Crippen molar-refractivity contribution in [3.63, 3.8) is 0 Å². The summed E-state index contributed by atoms with van der Waals surface area (Å²) in [5.74, 6) is -0.429. The zero-order valence-electron chi connectivity index (χ0n) is 17.4. The molecular formula is C20H24BFN2O4S. The number of rotatable bonds is 4. The van der Waals surface area contributed by atoms with Crippen molar-refractivity contribution in [3.8, 4) is 6.07 Å². The fourth-order valence-electron chi connectivity index (χ4n) is 3.35. The van der Waals surface area contributed by atoms with Gasteiger partial charge in [-0.25, -0.2) is 9.18 Å². The van der Waals surface area contributed by atoms with Gasteiger partial charge in [0.2, 0.25) is 0 Å². The van der Waals surface area contributed by atoms with Crippen LogP contribution in [0.15, 0.2) is 12.1 Å². The van der Waals surface area contributed by atoms with Gasteiger partial charge in [-0.1, -0.05) is 6.07 Å². The lowest BCUT2D eigenvalue weighted by Crippen LogP contribution is -2.41. The van der Waals surface area contributed by atoms with E-state index in [2.05, 4.69) is 6.07 Å². The number of amides is 1. The molecule has 1 aromatic carbocycles. The van der Waals surface area contributed by atoms with E-state index >= 15 is 0 Å². The smallest absolute Gasteiger partial charge is 0.443 e. The molecule has 29 heavy (non-hydrogen) atoms. The maximum absolute atomic E-state index is 14.6. The molecule has 1 fully saturated rings. The first-order valence-corrected chi connectivity index (χ1v) is 10.1. The molecule has 0 aliphatic carbocycles. The SMILES string of the molecule is CC(C)(Cc1sc2c(F)ccc(B3OC(C)(C)C(C)(C)O3)c2c1C#N)OC(N)=O. The number of carbonyl (C=O) groups excluding carboxylic acids is 1. The molecule has 1 amide bonds. The van der Waals surface area contributed by atoms with Gasteiger partial charge in [-0.2, -0.15) is 5.26 Å². The Morgan fingerprint density at radius 2 is 1.90 bits per heavy atom. The van der Waals surface area contributed by atoms with Crippen molar-refractivity contribution in [2.75, 3.05) is 0 Å². The number of halogens is 1. The van der Waals surface area contributed by atoms with E-state index in [9.17, 15) is 14.4 Å². The first kappa shape index (κ1) is 21.6. The molecule has 154 valence electrons. The summed E-state index contributed by atoms with van der Waals surface area (Å²) in [5.41, 5.74) is 4.00. The maximum atomic E-state index is 14.6. The van der Waals surface area contributed by atoms with Crippen molar-refractivity contribution in [2.45, 2.75) is 64.8 Å². The molecule has 1 aliphatic rings. The van der Waals surface area contributed by atoms with E-state index in [1.54, 1.807) is 19.9 Å². The number of primary amides is 1. The van der Waals surface area contributed by atoms with Crippen molar-refractivity contribution in [1.82, 2.24) is 0 Å². The van der Waals surface area contributed by atoms with Crippen molar-refractivity contribution >= 4 is 40.1 Å². The third-order valence-electron chi connectivity index (χ3n) is 5.48. The number of hydrogen-bond acceptors (Lipinski definition) is 6. The summed E-state index contributed by atoms with van der Waals surface area (Å²) in [6.45, 7) is 11.1. The Kier molecular flexibility index (Phi) is 5.19. The van der Waals surface area contributed by atoms with Gasteiger partial charge in [0.05, 0.1) is 21.5 Å². The summed E-state index contributed by atoms with van der Waals surface area (Å²) in [6.07, 6.45) is -0.681. The molecule has 1 aromatic heterocycles. The predicted molar refractivity (Wildman–Crippen MR) is 111 cm³/mol. The molecule has 6 nitrogen and oxygen atoms in total. The fraction of sp³-hybridized carbons (Fsp3) is 0.500. The molecule has 2 aromatic rings. The van der Waals surface area contributed by atoms with E-state index in [4.69, 9.17) is 19.8 Å². The summed E-state index contributed by atoms with van der Waals surface area (Å²) in [5, 5.41) is 10.3. The van der Waals surface area contributed by atoms with Crippen LogP contribution in [0.2, 0.25) is 0 Å². The topological polar surface area (TPSA) is 94.6 Å². The predicted octanol–water partition coefficient (Wildman–Crippen LogP) is 3.63. The van der Waals surface area contributed by atoms with Crippen LogP contribution in [0.5, 0.6) is 0 Å². The largest absolute Gasteiger partial charge is 0.495 e. The molecule has 1 aliphatic heterocycles. The fourth-order valence-corrected chi connectivity index (χ4v) is 4.75. The van der Waals surface area contributed by atoms with Crippen LogP contribution in [0.3, 0.4) is 0 Å². The molecule has 0 saturated carbocycles. The number of nitrogens with zero attached hydrogens (tertiary/aromatic N) is 1. The number of fused-ring (bicyclic) bond motifs is 1. The third kappa shape index (κ3) is 3.85. The Morgan fingerprint density at radius 3 is 2.41 bits per heavy atom. The van der Waals surface area contributed by atoms with Gasteiger partial charge in [0, 0.05) is 16.7 Å². The summed E-state index contributed by atoms with van der Waals surface area (Å²) in [4.78, 5) is 11.8. The minimum atomic E-state index is -0.945. The van der Waals surface area contributed by atoms with Gasteiger partial charge in [0.25, 0.3) is 0 Å². The van der Waals surface area contributed by atoms with Gasteiger partial charge in [-0.3, -0.25) is 0 Å². The quantitative estimate of drug-likeness (QED) is 0.766. The van der Waals surface area contributed by atoms with E-state index in [0.717, 1.165) is 11.3 Å². The average molecular weight is 418 g/mol. The lowest BCUT2D eigenvalue weighted by Gasteiger charge is -2.32. The van der Waals surface area contributed by atoms with Crippen molar-refractivity contribution in [3.05, 3.63) is 28.4 Å². The van der Waals surface area contributed by atoms with Crippen LogP contribution in [0.4, 0.5) is 9.18 Å². The molecule has 0 spiro atoms. The molecule has 1 saturated heterocycles. The van der Waals surface area contributed by atoms with Crippen LogP contribution < -0.4 is 11.2 Å². The minimum absolute atomic E-state index is 0.223. The highest BCUT2D eigenvalue weighted by Gasteiger charge is 2.52. The molecule has 0 atom stereocenters. The van der Waals surface area contributed by atoms with Gasteiger partial charge < -0.3 is 19.8 Å². The highest BCUT2D eigenvalue weighted by atomic mass is 32.1. The minimum Gasteiger partial charge on any atom is -0.443 e. The Balaban J connectivity index is 2.13. The molecule has 0 unspecified atom stereocenters. The zero-order chi connectivity index (χ0) is 21.8. The second-order valence-electron chi connectivity index (χ2n) is 8.80. The number of benzene rings is 1. The van der Waals surface area contributed by atoms with Crippen molar-refractivity contribution < 1.29 is 23.2 Å². The van der Waals surface area contributed by atoms with Gasteiger partial charge in [0.15, 0.2) is 0 Å². The highest BCUT2D eigenvalue weighted by molar-refractivity contribution is 7.19.